The van der Waals surface area contributed by atoms with Crippen molar-refractivity contribution in [3.63, 3.8) is 0 Å². The van der Waals surface area contributed by atoms with Gasteiger partial charge in [-0.1, -0.05) is 12.8 Å². The average Bonchev–Trinajstić information content (AvgIpc) is 3.12. The van der Waals surface area contributed by atoms with Gasteiger partial charge in [0.05, 0.1) is 0 Å². The van der Waals surface area contributed by atoms with Crippen LogP contribution in [0.4, 0.5) is 0 Å². The standard InChI is InChI=1S/C20H38N4O2.HI/c1-4-26-14-11-20(9-5-6-10-20)16-23-19(22-3)24-12-7-17(8-13-24)15-18(25)21-2;/h17H,4-16H2,1-3H3,(H,21,25)(H,22,23);1H. The third-order valence-electron chi connectivity index (χ3n) is 6.15. The van der Waals surface area contributed by atoms with Crippen molar-refractivity contribution in [2.75, 3.05) is 46.9 Å². The molecule has 1 saturated heterocycles. The zero-order valence-corrected chi connectivity index (χ0v) is 19.7. The fourth-order valence-corrected chi connectivity index (χ4v) is 4.39. The van der Waals surface area contributed by atoms with Gasteiger partial charge < -0.3 is 20.3 Å². The van der Waals surface area contributed by atoms with Crippen LogP contribution < -0.4 is 10.6 Å². The molecule has 1 saturated carbocycles. The molecule has 2 aliphatic rings. The van der Waals surface area contributed by atoms with Crippen LogP contribution in [0.15, 0.2) is 4.99 Å². The van der Waals surface area contributed by atoms with Crippen molar-refractivity contribution in [1.29, 1.82) is 0 Å². The summed E-state index contributed by atoms with van der Waals surface area (Å²) in [4.78, 5) is 18.4. The van der Waals surface area contributed by atoms with E-state index in [1.807, 2.05) is 7.05 Å². The van der Waals surface area contributed by atoms with Gasteiger partial charge in [0, 0.05) is 53.4 Å². The summed E-state index contributed by atoms with van der Waals surface area (Å²) >= 11 is 0. The molecule has 0 aromatic rings. The predicted octanol–water partition coefficient (Wildman–Crippen LogP) is 3.01. The van der Waals surface area contributed by atoms with Crippen LogP contribution in [0.3, 0.4) is 0 Å². The maximum absolute atomic E-state index is 11.6. The van der Waals surface area contributed by atoms with E-state index in [0.717, 1.165) is 58.1 Å². The molecule has 1 amide bonds. The Balaban J connectivity index is 0.00000364. The molecule has 0 unspecified atom stereocenters. The SMILES string of the molecule is CCOCCC1(CNC(=NC)N2CCC(CC(=O)NC)CC2)CCCC1.I. The number of halogens is 1. The Morgan fingerprint density at radius 2 is 1.93 bits per heavy atom. The largest absolute Gasteiger partial charge is 0.382 e. The molecule has 2 rings (SSSR count). The zero-order valence-electron chi connectivity index (χ0n) is 17.4. The van der Waals surface area contributed by atoms with Gasteiger partial charge in [-0.3, -0.25) is 9.79 Å². The van der Waals surface area contributed by atoms with Crippen molar-refractivity contribution in [3.05, 3.63) is 0 Å². The van der Waals surface area contributed by atoms with Gasteiger partial charge in [0.1, 0.15) is 0 Å². The van der Waals surface area contributed by atoms with Gasteiger partial charge in [-0.05, 0) is 50.4 Å². The summed E-state index contributed by atoms with van der Waals surface area (Å²) in [6.07, 6.45) is 9.15. The minimum Gasteiger partial charge on any atom is -0.382 e. The fraction of sp³-hybridized carbons (Fsp3) is 0.900. The van der Waals surface area contributed by atoms with Crippen molar-refractivity contribution in [1.82, 2.24) is 15.5 Å². The number of carbonyl (C=O) groups is 1. The van der Waals surface area contributed by atoms with Crippen molar-refractivity contribution < 1.29 is 9.53 Å². The second-order valence-electron chi connectivity index (χ2n) is 7.86. The predicted molar refractivity (Wildman–Crippen MR) is 122 cm³/mol. The van der Waals surface area contributed by atoms with Crippen LogP contribution in [0, 0.1) is 11.3 Å². The molecule has 2 N–H and O–H groups in total. The van der Waals surface area contributed by atoms with E-state index in [0.29, 0.717) is 17.8 Å². The summed E-state index contributed by atoms with van der Waals surface area (Å²) in [6.45, 7) is 6.68. The van der Waals surface area contributed by atoms with Crippen LogP contribution in [0.5, 0.6) is 0 Å². The van der Waals surface area contributed by atoms with Gasteiger partial charge in [0.25, 0.3) is 0 Å². The van der Waals surface area contributed by atoms with E-state index in [4.69, 9.17) is 4.74 Å². The third-order valence-corrected chi connectivity index (χ3v) is 6.15. The minimum atomic E-state index is 0. The highest BCUT2D eigenvalue weighted by Gasteiger charge is 2.34. The van der Waals surface area contributed by atoms with E-state index in [2.05, 4.69) is 27.4 Å². The molecule has 0 aromatic carbocycles. The number of hydrogen-bond acceptors (Lipinski definition) is 3. The highest BCUT2D eigenvalue weighted by Crippen LogP contribution is 2.40. The molecule has 0 spiro atoms. The number of ether oxygens (including phenoxy) is 1. The number of nitrogens with one attached hydrogen (secondary N) is 2. The number of carbonyl (C=O) groups excluding carboxylic acids is 1. The van der Waals surface area contributed by atoms with Crippen LogP contribution in [0.1, 0.15) is 58.3 Å². The zero-order chi connectivity index (χ0) is 18.8. The van der Waals surface area contributed by atoms with Crippen LogP contribution in [-0.2, 0) is 9.53 Å². The Kier molecular flexibility index (Phi) is 11.6. The summed E-state index contributed by atoms with van der Waals surface area (Å²) in [7, 11) is 3.59. The molecular formula is C20H39IN4O2. The second kappa shape index (κ2) is 12.8. The molecular weight excluding hydrogens is 455 g/mol. The van der Waals surface area contributed by atoms with E-state index in [1.54, 1.807) is 7.05 Å². The molecule has 0 radical (unpaired) electrons. The third kappa shape index (κ3) is 7.75. The number of hydrogen-bond donors (Lipinski definition) is 2. The summed E-state index contributed by atoms with van der Waals surface area (Å²) in [5.74, 6) is 1.67. The molecule has 158 valence electrons. The summed E-state index contributed by atoms with van der Waals surface area (Å²) in [6, 6.07) is 0. The molecule has 1 aliphatic carbocycles. The first-order chi connectivity index (χ1) is 12.6. The molecule has 27 heavy (non-hydrogen) atoms. The lowest BCUT2D eigenvalue weighted by Crippen LogP contribution is -2.48. The first-order valence-electron chi connectivity index (χ1n) is 10.4. The molecule has 7 heteroatoms. The maximum atomic E-state index is 11.6. The Bertz CT molecular complexity index is 459. The Labute approximate surface area is 182 Å². The number of piperidine rings is 1. The summed E-state index contributed by atoms with van der Waals surface area (Å²) in [5.41, 5.74) is 0.364. The van der Waals surface area contributed by atoms with Crippen molar-refractivity contribution in [3.8, 4) is 0 Å². The molecule has 6 nitrogen and oxygen atoms in total. The number of likely N-dealkylation sites (tertiary alicyclic amines) is 1. The molecule has 1 heterocycles. The van der Waals surface area contributed by atoms with Crippen molar-refractivity contribution in [2.24, 2.45) is 16.3 Å². The molecule has 2 fully saturated rings. The highest BCUT2D eigenvalue weighted by atomic mass is 127. The van der Waals surface area contributed by atoms with Crippen LogP contribution in [0.2, 0.25) is 0 Å². The lowest BCUT2D eigenvalue weighted by molar-refractivity contribution is -0.121. The number of guanidine groups is 1. The lowest BCUT2D eigenvalue weighted by atomic mass is 9.83. The van der Waals surface area contributed by atoms with Gasteiger partial charge in [0.2, 0.25) is 5.91 Å². The normalized spacial score (nSPS) is 20.3. The van der Waals surface area contributed by atoms with Crippen LogP contribution >= 0.6 is 24.0 Å². The van der Waals surface area contributed by atoms with Crippen LogP contribution in [-0.4, -0.2) is 63.7 Å². The second-order valence-corrected chi connectivity index (χ2v) is 7.86. The monoisotopic (exact) mass is 494 g/mol. The molecule has 0 aromatic heterocycles. The Morgan fingerprint density at radius 3 is 2.48 bits per heavy atom. The number of rotatable bonds is 8. The van der Waals surface area contributed by atoms with E-state index in [1.165, 1.54) is 25.7 Å². The van der Waals surface area contributed by atoms with Gasteiger partial charge in [-0.2, -0.15) is 0 Å². The number of amides is 1. The van der Waals surface area contributed by atoms with E-state index >= 15 is 0 Å². The Hall–Kier alpha value is -0.570. The molecule has 0 atom stereocenters. The minimum absolute atomic E-state index is 0. The van der Waals surface area contributed by atoms with E-state index < -0.39 is 0 Å². The van der Waals surface area contributed by atoms with Gasteiger partial charge in [-0.15, -0.1) is 24.0 Å². The molecule has 0 bridgehead atoms. The number of nitrogens with zero attached hydrogens (tertiary/aromatic N) is 2. The Morgan fingerprint density at radius 1 is 1.26 bits per heavy atom. The van der Waals surface area contributed by atoms with E-state index in [9.17, 15) is 4.79 Å². The van der Waals surface area contributed by atoms with Crippen LogP contribution in [0.25, 0.3) is 0 Å². The first-order valence-corrected chi connectivity index (χ1v) is 10.4. The maximum Gasteiger partial charge on any atom is 0.220 e. The lowest BCUT2D eigenvalue weighted by Gasteiger charge is -2.36. The average molecular weight is 494 g/mol. The van der Waals surface area contributed by atoms with E-state index in [-0.39, 0.29) is 29.9 Å². The van der Waals surface area contributed by atoms with Gasteiger partial charge in [-0.25, -0.2) is 0 Å². The highest BCUT2D eigenvalue weighted by molar-refractivity contribution is 14.0. The van der Waals surface area contributed by atoms with Gasteiger partial charge >= 0.3 is 0 Å². The van der Waals surface area contributed by atoms with Crippen molar-refractivity contribution in [2.45, 2.75) is 58.3 Å². The molecule has 1 aliphatic heterocycles. The fourth-order valence-electron chi connectivity index (χ4n) is 4.39. The number of aliphatic imine (C=N–C) groups is 1. The quantitative estimate of drug-likeness (QED) is 0.236. The van der Waals surface area contributed by atoms with Gasteiger partial charge in [0.15, 0.2) is 5.96 Å². The van der Waals surface area contributed by atoms with Crippen molar-refractivity contribution >= 4 is 35.8 Å². The topological polar surface area (TPSA) is 66.0 Å². The smallest absolute Gasteiger partial charge is 0.220 e. The summed E-state index contributed by atoms with van der Waals surface area (Å²) < 4.78 is 5.62. The first kappa shape index (κ1) is 24.5. The summed E-state index contributed by atoms with van der Waals surface area (Å²) in [5, 5.41) is 6.39.